The van der Waals surface area contributed by atoms with Crippen LogP contribution in [0.2, 0.25) is 5.02 Å². The van der Waals surface area contributed by atoms with Crippen molar-refractivity contribution < 1.29 is 14.3 Å². The van der Waals surface area contributed by atoms with E-state index < -0.39 is 5.92 Å². The van der Waals surface area contributed by atoms with Crippen molar-refractivity contribution in [1.29, 1.82) is 0 Å². The van der Waals surface area contributed by atoms with E-state index in [1.54, 1.807) is 6.92 Å². The van der Waals surface area contributed by atoms with Gasteiger partial charge in [0.25, 0.3) is 0 Å². The predicted molar refractivity (Wildman–Crippen MR) is 92.3 cm³/mol. The predicted octanol–water partition coefficient (Wildman–Crippen LogP) is 3.44. The molecule has 0 spiro atoms. The molecule has 1 heterocycles. The van der Waals surface area contributed by atoms with Crippen molar-refractivity contribution in [2.75, 3.05) is 6.61 Å². The van der Waals surface area contributed by atoms with Gasteiger partial charge in [-0.2, -0.15) is 0 Å². The minimum atomic E-state index is -0.412. The SMILES string of the molecule is CCOC(=O)[C@@H]1[C@H]2C(=O)N(Cc3ccc(Cl)cc3)[C@H]1C(C)=C[C@H]2C. The second-order valence-corrected chi connectivity index (χ2v) is 7.05. The molecular formula is C19H22ClNO3. The van der Waals surface area contributed by atoms with Crippen LogP contribution in [0.5, 0.6) is 0 Å². The summed E-state index contributed by atoms with van der Waals surface area (Å²) < 4.78 is 5.26. The van der Waals surface area contributed by atoms with Crippen molar-refractivity contribution >= 4 is 23.5 Å². The maximum absolute atomic E-state index is 13.0. The Balaban J connectivity index is 1.93. The van der Waals surface area contributed by atoms with Crippen LogP contribution in [0.3, 0.4) is 0 Å². The zero-order chi connectivity index (χ0) is 17.4. The number of amides is 1. The van der Waals surface area contributed by atoms with Gasteiger partial charge in [-0.05, 0) is 37.5 Å². The third kappa shape index (κ3) is 2.84. The van der Waals surface area contributed by atoms with Crippen LogP contribution in [0.25, 0.3) is 0 Å². The highest BCUT2D eigenvalue weighted by atomic mass is 35.5. The summed E-state index contributed by atoms with van der Waals surface area (Å²) in [6.07, 6.45) is 2.12. The average molecular weight is 348 g/mol. The summed E-state index contributed by atoms with van der Waals surface area (Å²) in [5, 5.41) is 0.666. The summed E-state index contributed by atoms with van der Waals surface area (Å²) in [6, 6.07) is 7.25. The van der Waals surface area contributed by atoms with Crippen molar-refractivity contribution in [3.8, 4) is 0 Å². The maximum Gasteiger partial charge on any atom is 0.312 e. The number of benzene rings is 1. The fourth-order valence-corrected chi connectivity index (χ4v) is 4.17. The van der Waals surface area contributed by atoms with Crippen molar-refractivity contribution in [1.82, 2.24) is 4.90 Å². The molecule has 1 fully saturated rings. The van der Waals surface area contributed by atoms with E-state index in [-0.39, 0.29) is 29.8 Å². The summed E-state index contributed by atoms with van der Waals surface area (Å²) in [5.74, 6) is -0.930. The van der Waals surface area contributed by atoms with Gasteiger partial charge >= 0.3 is 5.97 Å². The van der Waals surface area contributed by atoms with E-state index in [9.17, 15) is 9.59 Å². The molecule has 5 heteroatoms. The lowest BCUT2D eigenvalue weighted by Crippen LogP contribution is -2.40. The number of halogens is 1. The van der Waals surface area contributed by atoms with Crippen LogP contribution in [-0.2, 0) is 20.9 Å². The number of rotatable bonds is 4. The number of fused-ring (bicyclic) bond motifs is 2. The van der Waals surface area contributed by atoms with E-state index in [2.05, 4.69) is 6.08 Å². The van der Waals surface area contributed by atoms with E-state index in [1.165, 1.54) is 0 Å². The van der Waals surface area contributed by atoms with Gasteiger partial charge in [0.05, 0.1) is 24.5 Å². The summed E-state index contributed by atoms with van der Waals surface area (Å²) in [4.78, 5) is 27.3. The normalized spacial score (nSPS) is 28.8. The summed E-state index contributed by atoms with van der Waals surface area (Å²) in [6.45, 7) is 6.60. The molecule has 4 nitrogen and oxygen atoms in total. The third-order valence-electron chi connectivity index (χ3n) is 5.01. The fourth-order valence-electron chi connectivity index (χ4n) is 4.05. The number of ether oxygens (including phenoxy) is 1. The van der Waals surface area contributed by atoms with E-state index in [4.69, 9.17) is 16.3 Å². The average Bonchev–Trinajstić information content (AvgIpc) is 2.78. The largest absolute Gasteiger partial charge is 0.466 e. The van der Waals surface area contributed by atoms with Crippen LogP contribution >= 0.6 is 11.6 Å². The first kappa shape index (κ1) is 17.0. The minimum Gasteiger partial charge on any atom is -0.466 e. The molecule has 128 valence electrons. The number of allylic oxidation sites excluding steroid dienone is 1. The van der Waals surface area contributed by atoms with Crippen molar-refractivity contribution in [2.45, 2.75) is 33.4 Å². The summed E-state index contributed by atoms with van der Waals surface area (Å²) >= 11 is 5.94. The highest BCUT2D eigenvalue weighted by Crippen LogP contribution is 2.45. The van der Waals surface area contributed by atoms with Gasteiger partial charge in [0, 0.05) is 11.6 Å². The van der Waals surface area contributed by atoms with Crippen LogP contribution in [-0.4, -0.2) is 29.4 Å². The molecule has 0 saturated carbocycles. The zero-order valence-corrected chi connectivity index (χ0v) is 14.9. The number of carbonyl (C=O) groups excluding carboxylic acids is 2. The van der Waals surface area contributed by atoms with Crippen LogP contribution in [0, 0.1) is 17.8 Å². The monoisotopic (exact) mass is 347 g/mol. The molecule has 1 saturated heterocycles. The van der Waals surface area contributed by atoms with Crippen LogP contribution < -0.4 is 0 Å². The highest BCUT2D eigenvalue weighted by molar-refractivity contribution is 6.30. The molecule has 1 aromatic rings. The molecule has 2 bridgehead atoms. The van der Waals surface area contributed by atoms with Gasteiger partial charge in [-0.1, -0.05) is 42.3 Å². The molecule has 1 aliphatic carbocycles. The molecule has 2 aliphatic rings. The Labute approximate surface area is 147 Å². The second-order valence-electron chi connectivity index (χ2n) is 6.61. The Morgan fingerprint density at radius 1 is 1.29 bits per heavy atom. The number of hydrogen-bond donors (Lipinski definition) is 0. The first-order valence-electron chi connectivity index (χ1n) is 8.34. The van der Waals surface area contributed by atoms with Crippen molar-refractivity contribution in [3.05, 3.63) is 46.5 Å². The molecule has 0 unspecified atom stereocenters. The van der Waals surface area contributed by atoms with Crippen molar-refractivity contribution in [3.63, 3.8) is 0 Å². The smallest absolute Gasteiger partial charge is 0.312 e. The molecule has 3 rings (SSSR count). The lowest BCUT2D eigenvalue weighted by Gasteiger charge is -2.31. The number of likely N-dealkylation sites (tertiary alicyclic amines) is 1. The van der Waals surface area contributed by atoms with Gasteiger partial charge in [0.1, 0.15) is 0 Å². The molecular weight excluding hydrogens is 326 g/mol. The Kier molecular flexibility index (Phi) is 4.68. The standard InChI is InChI=1S/C19H22ClNO3/c1-4-24-19(23)16-15-11(2)9-12(3)17(16)21(18(15)22)10-13-5-7-14(20)8-6-13/h5-9,11,15-17H,4,10H2,1-3H3/t11-,15+,16-,17+/m1/s1. The molecule has 0 N–H and O–H groups in total. The molecule has 24 heavy (non-hydrogen) atoms. The Morgan fingerprint density at radius 3 is 2.58 bits per heavy atom. The van der Waals surface area contributed by atoms with Gasteiger partial charge in [-0.25, -0.2) is 0 Å². The van der Waals surface area contributed by atoms with Gasteiger partial charge in [-0.15, -0.1) is 0 Å². The topological polar surface area (TPSA) is 46.6 Å². The Bertz CT molecular complexity index is 682. The quantitative estimate of drug-likeness (QED) is 0.619. The van der Waals surface area contributed by atoms with Crippen LogP contribution in [0.4, 0.5) is 0 Å². The van der Waals surface area contributed by atoms with E-state index in [1.807, 2.05) is 43.0 Å². The molecule has 0 radical (unpaired) electrons. The molecule has 1 aliphatic heterocycles. The summed E-state index contributed by atoms with van der Waals surface area (Å²) in [7, 11) is 0. The van der Waals surface area contributed by atoms with Gasteiger partial charge < -0.3 is 9.64 Å². The lowest BCUT2D eigenvalue weighted by molar-refractivity contribution is -0.151. The van der Waals surface area contributed by atoms with Gasteiger partial charge in [-0.3, -0.25) is 9.59 Å². The first-order valence-corrected chi connectivity index (χ1v) is 8.71. The van der Waals surface area contributed by atoms with E-state index in [0.717, 1.165) is 11.1 Å². The molecule has 0 aromatic heterocycles. The lowest BCUT2D eigenvalue weighted by atomic mass is 9.74. The molecule has 1 aromatic carbocycles. The van der Waals surface area contributed by atoms with Gasteiger partial charge in [0.15, 0.2) is 0 Å². The Morgan fingerprint density at radius 2 is 1.96 bits per heavy atom. The van der Waals surface area contributed by atoms with E-state index in [0.29, 0.717) is 18.2 Å². The summed E-state index contributed by atoms with van der Waals surface area (Å²) in [5.41, 5.74) is 2.07. The number of carbonyl (C=O) groups is 2. The number of nitrogens with zero attached hydrogens (tertiary/aromatic N) is 1. The first-order chi connectivity index (χ1) is 11.4. The fraction of sp³-hybridized carbons (Fsp3) is 0.474. The minimum absolute atomic E-state index is 0.0357. The number of hydrogen-bond acceptors (Lipinski definition) is 3. The van der Waals surface area contributed by atoms with Crippen molar-refractivity contribution in [2.24, 2.45) is 17.8 Å². The van der Waals surface area contributed by atoms with Gasteiger partial charge in [0.2, 0.25) is 5.91 Å². The second kappa shape index (κ2) is 6.60. The highest BCUT2D eigenvalue weighted by Gasteiger charge is 2.56. The van der Waals surface area contributed by atoms with Crippen LogP contribution in [0.1, 0.15) is 26.3 Å². The molecule has 4 atom stereocenters. The number of esters is 1. The van der Waals surface area contributed by atoms with Crippen LogP contribution in [0.15, 0.2) is 35.9 Å². The zero-order valence-electron chi connectivity index (χ0n) is 14.2. The van der Waals surface area contributed by atoms with E-state index >= 15 is 0 Å². The third-order valence-corrected chi connectivity index (χ3v) is 5.27. The maximum atomic E-state index is 13.0. The molecule has 1 amide bonds. The Hall–Kier alpha value is -1.81.